The van der Waals surface area contributed by atoms with Crippen molar-refractivity contribution in [2.75, 3.05) is 18.4 Å². The second kappa shape index (κ2) is 9.22. The van der Waals surface area contributed by atoms with Gasteiger partial charge >= 0.3 is 0 Å². The van der Waals surface area contributed by atoms with Crippen LogP contribution in [0.2, 0.25) is 10.0 Å². The fourth-order valence-corrected chi connectivity index (χ4v) is 6.37. The first-order valence-electron chi connectivity index (χ1n) is 9.49. The van der Waals surface area contributed by atoms with E-state index in [0.29, 0.717) is 28.7 Å². The second-order valence-electron chi connectivity index (χ2n) is 7.04. The number of nitrogens with one attached hydrogen (secondary N) is 1. The quantitative estimate of drug-likeness (QED) is 0.554. The van der Waals surface area contributed by atoms with E-state index in [0.717, 1.165) is 6.42 Å². The van der Waals surface area contributed by atoms with Crippen LogP contribution in [0.25, 0.3) is 0 Å². The van der Waals surface area contributed by atoms with Crippen molar-refractivity contribution in [2.24, 2.45) is 0 Å². The van der Waals surface area contributed by atoms with Gasteiger partial charge in [0.25, 0.3) is 5.91 Å². The third-order valence-electron chi connectivity index (χ3n) is 4.92. The zero-order valence-corrected chi connectivity index (χ0v) is 19.3. The second-order valence-corrected chi connectivity index (χ2v) is 10.8. The van der Waals surface area contributed by atoms with Crippen LogP contribution in [-0.2, 0) is 10.0 Å². The maximum absolute atomic E-state index is 13.1. The minimum atomic E-state index is -3.72. The summed E-state index contributed by atoms with van der Waals surface area (Å²) in [5.41, 5.74) is 0.598. The number of halogens is 2. The molecule has 1 aromatic heterocycles. The molecule has 1 atom stereocenters. The monoisotopic (exact) mass is 496 g/mol. The van der Waals surface area contributed by atoms with Crippen molar-refractivity contribution in [1.82, 2.24) is 14.5 Å². The predicted octanol–water partition coefficient (Wildman–Crippen LogP) is 4.67. The Morgan fingerprint density at radius 2 is 1.84 bits per heavy atom. The van der Waals surface area contributed by atoms with Crippen LogP contribution in [0, 0.1) is 0 Å². The van der Waals surface area contributed by atoms with E-state index < -0.39 is 10.0 Å². The van der Waals surface area contributed by atoms with Crippen molar-refractivity contribution >= 4 is 56.2 Å². The number of carbonyl (C=O) groups excluding carboxylic acids is 1. The molecule has 0 spiro atoms. The lowest BCUT2D eigenvalue weighted by molar-refractivity contribution is 0.102. The van der Waals surface area contributed by atoms with E-state index in [1.807, 2.05) is 0 Å². The average Bonchev–Trinajstić information content (AvgIpc) is 3.26. The number of amides is 1. The molecule has 31 heavy (non-hydrogen) atoms. The number of piperidine rings is 1. The largest absolute Gasteiger partial charge is 0.320 e. The number of benzene rings is 2. The van der Waals surface area contributed by atoms with Crippen LogP contribution in [0.3, 0.4) is 0 Å². The molecule has 1 N–H and O–H groups in total. The number of anilines is 1. The van der Waals surface area contributed by atoms with Gasteiger partial charge in [-0.05, 0) is 49.2 Å². The van der Waals surface area contributed by atoms with E-state index in [1.54, 1.807) is 42.5 Å². The van der Waals surface area contributed by atoms with Crippen LogP contribution in [0.4, 0.5) is 5.69 Å². The molecule has 1 aliphatic rings. The summed E-state index contributed by atoms with van der Waals surface area (Å²) in [7, 11) is -3.72. The van der Waals surface area contributed by atoms with E-state index in [4.69, 9.17) is 23.2 Å². The molecule has 0 bridgehead atoms. The number of hydrogen-bond acceptors (Lipinski definition) is 6. The van der Waals surface area contributed by atoms with Gasteiger partial charge in [0.2, 0.25) is 15.0 Å². The van der Waals surface area contributed by atoms with E-state index >= 15 is 0 Å². The average molecular weight is 497 g/mol. The summed E-state index contributed by atoms with van der Waals surface area (Å²) < 4.78 is 27.5. The van der Waals surface area contributed by atoms with Crippen molar-refractivity contribution < 1.29 is 13.2 Å². The summed E-state index contributed by atoms with van der Waals surface area (Å²) in [4.78, 5) is 12.6. The van der Waals surface area contributed by atoms with E-state index in [9.17, 15) is 13.2 Å². The molecule has 0 radical (unpaired) electrons. The van der Waals surface area contributed by atoms with Crippen LogP contribution >= 0.6 is 34.5 Å². The van der Waals surface area contributed by atoms with Crippen LogP contribution in [0.15, 0.2) is 53.4 Å². The highest BCUT2D eigenvalue weighted by Crippen LogP contribution is 2.33. The topological polar surface area (TPSA) is 92.3 Å². The lowest BCUT2D eigenvalue weighted by Gasteiger charge is -2.30. The molecule has 4 rings (SSSR count). The van der Waals surface area contributed by atoms with Gasteiger partial charge in [0.1, 0.15) is 9.90 Å². The van der Waals surface area contributed by atoms with E-state index in [1.165, 1.54) is 21.7 Å². The molecule has 1 fully saturated rings. The van der Waals surface area contributed by atoms with Gasteiger partial charge in [-0.1, -0.05) is 46.7 Å². The fraction of sp³-hybridized carbons (Fsp3) is 0.250. The van der Waals surface area contributed by atoms with Gasteiger partial charge in [-0.2, -0.15) is 4.31 Å². The van der Waals surface area contributed by atoms with Gasteiger partial charge < -0.3 is 5.32 Å². The molecule has 7 nitrogen and oxygen atoms in total. The highest BCUT2D eigenvalue weighted by atomic mass is 35.5. The van der Waals surface area contributed by atoms with Gasteiger partial charge in [-0.25, -0.2) is 8.42 Å². The summed E-state index contributed by atoms with van der Waals surface area (Å²) in [6.07, 6.45) is 1.45. The number of aromatic nitrogens is 2. The summed E-state index contributed by atoms with van der Waals surface area (Å²) >= 11 is 13.1. The molecule has 3 aromatic rings. The molecule has 0 aliphatic carbocycles. The molecule has 162 valence electrons. The van der Waals surface area contributed by atoms with Crippen LogP contribution in [-0.4, -0.2) is 41.9 Å². The van der Waals surface area contributed by atoms with Crippen LogP contribution in [0.1, 0.15) is 33.6 Å². The maximum atomic E-state index is 13.1. The van der Waals surface area contributed by atoms with Crippen molar-refractivity contribution in [3.05, 3.63) is 68.6 Å². The highest BCUT2D eigenvalue weighted by molar-refractivity contribution is 7.89. The Bertz CT molecular complexity index is 1200. The first kappa shape index (κ1) is 22.2. The lowest BCUT2D eigenvalue weighted by Crippen LogP contribution is -2.39. The Labute approximate surface area is 194 Å². The Kier molecular flexibility index (Phi) is 6.59. The van der Waals surface area contributed by atoms with Crippen LogP contribution < -0.4 is 5.32 Å². The molecule has 0 saturated carbocycles. The third-order valence-corrected chi connectivity index (χ3v) is 8.63. The minimum absolute atomic E-state index is 0.0950. The predicted molar refractivity (Wildman–Crippen MR) is 122 cm³/mol. The zero-order chi connectivity index (χ0) is 22.0. The molecule has 1 aliphatic heterocycles. The van der Waals surface area contributed by atoms with Gasteiger partial charge in [0.05, 0.1) is 5.02 Å². The molecule has 2 aromatic carbocycles. The fourth-order valence-electron chi connectivity index (χ4n) is 3.36. The molecule has 0 unspecified atom stereocenters. The van der Waals surface area contributed by atoms with Crippen molar-refractivity contribution in [2.45, 2.75) is 23.7 Å². The van der Waals surface area contributed by atoms with Crippen molar-refractivity contribution in [1.29, 1.82) is 0 Å². The number of sulfonamides is 1. The molecule has 11 heteroatoms. The summed E-state index contributed by atoms with van der Waals surface area (Å²) in [5, 5.41) is 12.5. The third kappa shape index (κ3) is 4.91. The zero-order valence-electron chi connectivity index (χ0n) is 16.2. The lowest BCUT2D eigenvalue weighted by atomic mass is 10.0. The maximum Gasteiger partial charge on any atom is 0.286 e. The van der Waals surface area contributed by atoms with Crippen LogP contribution in [0.5, 0.6) is 0 Å². The Balaban J connectivity index is 1.48. The first-order valence-corrected chi connectivity index (χ1v) is 12.5. The van der Waals surface area contributed by atoms with E-state index in [2.05, 4.69) is 15.5 Å². The van der Waals surface area contributed by atoms with Gasteiger partial charge in [0, 0.05) is 29.7 Å². The Morgan fingerprint density at radius 1 is 1.10 bits per heavy atom. The highest BCUT2D eigenvalue weighted by Gasteiger charge is 2.33. The molecular formula is C20H18Cl2N4O3S2. The Hall–Kier alpha value is -2.04. The molecular weight excluding hydrogens is 479 g/mol. The number of carbonyl (C=O) groups is 1. The normalized spacial score (nSPS) is 17.4. The molecule has 1 amide bonds. The van der Waals surface area contributed by atoms with Crippen molar-refractivity contribution in [3.8, 4) is 0 Å². The number of hydrogen-bond donors (Lipinski definition) is 1. The van der Waals surface area contributed by atoms with Gasteiger partial charge in [-0.3, -0.25) is 4.79 Å². The smallest absolute Gasteiger partial charge is 0.286 e. The first-order chi connectivity index (χ1) is 14.8. The van der Waals surface area contributed by atoms with Crippen molar-refractivity contribution in [3.63, 3.8) is 0 Å². The van der Waals surface area contributed by atoms with E-state index in [-0.39, 0.29) is 33.3 Å². The van der Waals surface area contributed by atoms with Gasteiger partial charge in [0.15, 0.2) is 0 Å². The number of rotatable bonds is 5. The summed E-state index contributed by atoms with van der Waals surface area (Å²) in [6, 6.07) is 13.2. The summed E-state index contributed by atoms with van der Waals surface area (Å²) in [5.74, 6) is -0.511. The standard InChI is InChI=1S/C20H18Cl2N4O3S2/c21-14-7-9-15(10-8-14)23-18(27)20-25-24-19(30-20)13-4-3-11-26(12-13)31(28,29)17-6-2-1-5-16(17)22/h1-2,5-10,13H,3-4,11-12H2,(H,23,27)/t13-/m1/s1. The Morgan fingerprint density at radius 3 is 2.58 bits per heavy atom. The van der Waals surface area contributed by atoms with Gasteiger partial charge in [-0.15, -0.1) is 10.2 Å². The summed E-state index contributed by atoms with van der Waals surface area (Å²) in [6.45, 7) is 0.674. The molecule has 1 saturated heterocycles. The number of nitrogens with zero attached hydrogens (tertiary/aromatic N) is 3. The minimum Gasteiger partial charge on any atom is -0.320 e. The molecule has 2 heterocycles. The SMILES string of the molecule is O=C(Nc1ccc(Cl)cc1)c1nnc([C@@H]2CCCN(S(=O)(=O)c3ccccc3Cl)C2)s1.